The average Bonchev–Trinajstić information content (AvgIpc) is 3.27. The van der Waals surface area contributed by atoms with E-state index in [4.69, 9.17) is 9.47 Å². The number of halogens is 3. The van der Waals surface area contributed by atoms with E-state index in [2.05, 4.69) is 9.82 Å². The number of carbonyl (C=O) groups is 1. The largest absolute Gasteiger partial charge is 0.496 e. The Morgan fingerprint density at radius 1 is 1.13 bits per heavy atom. The molecule has 0 fully saturated rings. The molecule has 3 rings (SSSR count). The summed E-state index contributed by atoms with van der Waals surface area (Å²) in [6, 6.07) is 10.6. The lowest BCUT2D eigenvalue weighted by atomic mass is 10.1. The van der Waals surface area contributed by atoms with Crippen LogP contribution in [-0.4, -0.2) is 37.3 Å². The molecule has 3 aromatic rings. The number of hydrogen-bond acceptors (Lipinski definition) is 6. The van der Waals surface area contributed by atoms with Gasteiger partial charge in [0.15, 0.2) is 0 Å². The van der Waals surface area contributed by atoms with Gasteiger partial charge in [-0.25, -0.2) is 0 Å². The quantitative estimate of drug-likeness (QED) is 0.414. The lowest BCUT2D eigenvalue weighted by Gasteiger charge is -2.11. The lowest BCUT2D eigenvalue weighted by Crippen LogP contribution is -2.05. The second kappa shape index (κ2) is 11.4. The molecule has 10 heteroatoms. The molecule has 0 unspecified atom stereocenters. The molecule has 0 saturated carbocycles. The zero-order valence-corrected chi connectivity index (χ0v) is 18.0. The molecule has 166 valence electrons. The van der Waals surface area contributed by atoms with Gasteiger partial charge in [-0.05, 0) is 49.3 Å². The SMILES string of the molecule is CNSc1cc(C(F)(F)F)ccc1OC.COc1cc(C=O)ccc1Cn1cccn1. The Hall–Kier alpha value is -2.98. The lowest BCUT2D eigenvalue weighted by molar-refractivity contribution is -0.137. The van der Waals surface area contributed by atoms with Gasteiger partial charge in [0, 0.05) is 23.5 Å². The average molecular weight is 453 g/mol. The maximum Gasteiger partial charge on any atom is 0.416 e. The Kier molecular flexibility index (Phi) is 8.95. The van der Waals surface area contributed by atoms with E-state index < -0.39 is 11.7 Å². The number of nitrogens with zero attached hydrogens (tertiary/aromatic N) is 2. The van der Waals surface area contributed by atoms with E-state index in [-0.39, 0.29) is 0 Å². The summed E-state index contributed by atoms with van der Waals surface area (Å²) in [5.41, 5.74) is 0.930. The van der Waals surface area contributed by atoms with Crippen molar-refractivity contribution < 1.29 is 27.4 Å². The normalized spacial score (nSPS) is 10.8. The Bertz CT molecular complexity index is 980. The van der Waals surface area contributed by atoms with Crippen LogP contribution in [-0.2, 0) is 12.7 Å². The van der Waals surface area contributed by atoms with Gasteiger partial charge in [0.05, 0.1) is 31.2 Å². The van der Waals surface area contributed by atoms with Gasteiger partial charge >= 0.3 is 6.18 Å². The van der Waals surface area contributed by atoms with E-state index in [0.717, 1.165) is 35.9 Å². The van der Waals surface area contributed by atoms with Gasteiger partial charge in [0.25, 0.3) is 0 Å². The molecule has 0 aliphatic heterocycles. The number of methoxy groups -OCH3 is 2. The van der Waals surface area contributed by atoms with E-state index in [9.17, 15) is 18.0 Å². The topological polar surface area (TPSA) is 65.4 Å². The van der Waals surface area contributed by atoms with Crippen LogP contribution < -0.4 is 14.2 Å². The van der Waals surface area contributed by atoms with Crippen molar-refractivity contribution in [2.45, 2.75) is 17.6 Å². The van der Waals surface area contributed by atoms with Crippen LogP contribution in [0.1, 0.15) is 21.5 Å². The minimum Gasteiger partial charge on any atom is -0.496 e. The highest BCUT2D eigenvalue weighted by Crippen LogP contribution is 2.35. The molecule has 1 N–H and O–H groups in total. The summed E-state index contributed by atoms with van der Waals surface area (Å²) in [5, 5.41) is 4.12. The predicted octanol–water partition coefficient (Wildman–Crippen LogP) is 4.69. The highest BCUT2D eigenvalue weighted by molar-refractivity contribution is 7.97. The van der Waals surface area contributed by atoms with Crippen LogP contribution in [0.5, 0.6) is 11.5 Å². The van der Waals surface area contributed by atoms with Crippen molar-refractivity contribution in [3.63, 3.8) is 0 Å². The first-order valence-corrected chi connectivity index (χ1v) is 9.82. The molecule has 0 spiro atoms. The summed E-state index contributed by atoms with van der Waals surface area (Å²) >= 11 is 1.08. The fraction of sp³-hybridized carbons (Fsp3) is 0.238. The number of rotatable bonds is 7. The smallest absolute Gasteiger partial charge is 0.416 e. The molecule has 2 aromatic carbocycles. The number of hydrogen-bond donors (Lipinski definition) is 1. The Morgan fingerprint density at radius 3 is 2.42 bits per heavy atom. The van der Waals surface area contributed by atoms with Crippen LogP contribution in [0.25, 0.3) is 0 Å². The van der Waals surface area contributed by atoms with Crippen molar-refractivity contribution in [1.82, 2.24) is 14.5 Å². The summed E-state index contributed by atoms with van der Waals surface area (Å²) < 4.78 is 51.8. The van der Waals surface area contributed by atoms with Gasteiger partial charge in [-0.2, -0.15) is 18.3 Å². The van der Waals surface area contributed by atoms with E-state index in [1.165, 1.54) is 13.2 Å². The second-order valence-corrected chi connectivity index (χ2v) is 7.11. The summed E-state index contributed by atoms with van der Waals surface area (Å²) in [5.74, 6) is 1.13. The minimum atomic E-state index is -4.32. The molecule has 1 heterocycles. The van der Waals surface area contributed by atoms with Crippen LogP contribution >= 0.6 is 11.9 Å². The van der Waals surface area contributed by atoms with E-state index in [1.54, 1.807) is 37.2 Å². The van der Waals surface area contributed by atoms with E-state index in [1.807, 2.05) is 18.3 Å². The highest BCUT2D eigenvalue weighted by Gasteiger charge is 2.31. The van der Waals surface area contributed by atoms with E-state index in [0.29, 0.717) is 28.5 Å². The second-order valence-electron chi connectivity index (χ2n) is 6.06. The first-order chi connectivity index (χ1) is 14.8. The number of aldehydes is 1. The molecular weight excluding hydrogens is 431 g/mol. The minimum absolute atomic E-state index is 0.412. The summed E-state index contributed by atoms with van der Waals surface area (Å²) in [4.78, 5) is 11.0. The Morgan fingerprint density at radius 2 is 1.87 bits per heavy atom. The molecule has 0 amide bonds. The number of alkyl halides is 3. The molecule has 31 heavy (non-hydrogen) atoms. The number of ether oxygens (including phenoxy) is 2. The van der Waals surface area contributed by atoms with Gasteiger partial charge in [-0.15, -0.1) is 0 Å². The molecule has 0 bridgehead atoms. The van der Waals surface area contributed by atoms with Crippen LogP contribution in [0.2, 0.25) is 0 Å². The third-order valence-electron chi connectivity index (χ3n) is 4.04. The molecular formula is C21H22F3N3O3S. The van der Waals surface area contributed by atoms with Crippen molar-refractivity contribution in [1.29, 1.82) is 0 Å². The molecule has 0 atom stereocenters. The molecule has 0 saturated heterocycles. The van der Waals surface area contributed by atoms with Crippen molar-refractivity contribution in [2.75, 3.05) is 21.3 Å². The van der Waals surface area contributed by atoms with Crippen molar-refractivity contribution in [3.05, 3.63) is 71.5 Å². The fourth-order valence-corrected chi connectivity index (χ4v) is 3.23. The fourth-order valence-electron chi connectivity index (χ4n) is 2.58. The molecule has 0 radical (unpaired) electrons. The molecule has 6 nitrogen and oxygen atoms in total. The Labute approximate surface area is 182 Å². The number of benzene rings is 2. The van der Waals surface area contributed by atoms with Gasteiger partial charge in [-0.3, -0.25) is 14.2 Å². The van der Waals surface area contributed by atoms with E-state index >= 15 is 0 Å². The number of carbonyl (C=O) groups excluding carboxylic acids is 1. The maximum atomic E-state index is 12.4. The molecule has 0 aliphatic carbocycles. The molecule has 1 aromatic heterocycles. The zero-order valence-electron chi connectivity index (χ0n) is 17.1. The predicted molar refractivity (Wildman–Crippen MR) is 113 cm³/mol. The van der Waals surface area contributed by atoms with Crippen molar-refractivity contribution >= 4 is 18.2 Å². The third-order valence-corrected chi connectivity index (χ3v) is 4.78. The van der Waals surface area contributed by atoms with Gasteiger partial charge in [0.1, 0.15) is 17.8 Å². The first-order valence-electron chi connectivity index (χ1n) is 9.00. The van der Waals surface area contributed by atoms with Gasteiger partial charge in [0.2, 0.25) is 0 Å². The van der Waals surface area contributed by atoms with Crippen LogP contribution in [0, 0.1) is 0 Å². The monoisotopic (exact) mass is 453 g/mol. The van der Waals surface area contributed by atoms with Crippen LogP contribution in [0.3, 0.4) is 0 Å². The van der Waals surface area contributed by atoms with Gasteiger partial charge in [-0.1, -0.05) is 12.1 Å². The highest BCUT2D eigenvalue weighted by atomic mass is 32.2. The summed E-state index contributed by atoms with van der Waals surface area (Å²) in [7, 11) is 4.64. The number of aromatic nitrogens is 2. The standard InChI is InChI=1S/C12H12N2O2.C9H10F3NOS/c1-16-12-7-10(9-15)3-4-11(12)8-14-6-2-5-13-14;1-13-15-8-5-6(9(10,11)12)3-4-7(8)14-2/h2-7,9H,8H2,1H3;3-5,13H,1-2H3. The van der Waals surface area contributed by atoms with Crippen LogP contribution in [0.15, 0.2) is 59.8 Å². The number of nitrogens with one attached hydrogen (secondary N) is 1. The zero-order chi connectivity index (χ0) is 22.9. The van der Waals surface area contributed by atoms with Crippen molar-refractivity contribution in [2.24, 2.45) is 0 Å². The van der Waals surface area contributed by atoms with Gasteiger partial charge < -0.3 is 9.47 Å². The maximum absolute atomic E-state index is 12.4. The Balaban J connectivity index is 0.000000221. The third kappa shape index (κ3) is 7.04. The summed E-state index contributed by atoms with van der Waals surface area (Å²) in [6.07, 6.45) is 0.0921. The summed E-state index contributed by atoms with van der Waals surface area (Å²) in [6.45, 7) is 0.634. The van der Waals surface area contributed by atoms with Crippen LogP contribution in [0.4, 0.5) is 13.2 Å². The first kappa shape index (κ1) is 24.3. The molecule has 0 aliphatic rings. The van der Waals surface area contributed by atoms with Crippen molar-refractivity contribution in [3.8, 4) is 11.5 Å².